The molecule has 6 aromatic rings. The van der Waals surface area contributed by atoms with Gasteiger partial charge in [0.15, 0.2) is 58.2 Å². The van der Waals surface area contributed by atoms with Crippen molar-refractivity contribution >= 4 is 29.5 Å². The number of hydrogen-bond donors (Lipinski definition) is 1. The molecule has 0 bridgehead atoms. The van der Waals surface area contributed by atoms with Crippen LogP contribution in [0.4, 0.5) is 0 Å². The number of nitrogens with zero attached hydrogens (tertiary/aromatic N) is 2. The Hall–Kier alpha value is -8.27. The van der Waals surface area contributed by atoms with Crippen molar-refractivity contribution in [3.63, 3.8) is 0 Å². The third-order valence-electron chi connectivity index (χ3n) is 11.3. The standard InChI is InChI=1S/C30H33NO8.C27H29NO6/c1-19-11-13-23(14-12-19)28(39-24-9-7-6-8-10-24)21(3)38-30(34)20(2)17-25(33)27-29(37-18-36-22(4)32)26(35-5)15-16-31-27;1-17-10-12-20(13-11-17)26(34-21-8-6-5-7-9-21)19(3)33-27(31)18(2)16-22(29)24-25(30)23(32-4)14-15-28-24/h6-16,20-21,28H,17-18H2,1-5H3;5-15,18-19,26,30H,16H2,1-4H3/t20-,21+,28+;18-,19+,26+/m11/s1. The molecule has 0 saturated heterocycles. The molecule has 0 radical (unpaired) electrons. The van der Waals surface area contributed by atoms with Crippen LogP contribution in [0, 0.1) is 25.7 Å². The van der Waals surface area contributed by atoms with E-state index in [0.717, 1.165) is 22.3 Å². The molecule has 0 saturated carbocycles. The average Bonchev–Trinajstić information content (AvgIpc) is 3.38. The minimum Gasteiger partial charge on any atom is -0.503 e. The van der Waals surface area contributed by atoms with Crippen molar-refractivity contribution in [1.29, 1.82) is 0 Å². The third-order valence-corrected chi connectivity index (χ3v) is 11.3. The SMILES string of the molecule is COc1ccnc(C(=O)C[C@@H](C)C(=O)O[C@@H](C)[C@H](Oc2ccccc2)c2ccc(C)cc2)c1O.COc1ccnc(C(=O)C[C@@H](C)C(=O)O[C@@H](C)[C@H](Oc2ccccc2)c2ccc(C)cc2)c1OCOC(C)=O. The van der Waals surface area contributed by atoms with E-state index >= 15 is 0 Å². The summed E-state index contributed by atoms with van der Waals surface area (Å²) in [6.45, 7) is 11.5. The van der Waals surface area contributed by atoms with Crippen LogP contribution in [0.25, 0.3) is 0 Å². The maximum Gasteiger partial charge on any atom is 0.309 e. The van der Waals surface area contributed by atoms with E-state index in [2.05, 4.69) is 9.97 Å². The number of ether oxygens (including phenoxy) is 8. The van der Waals surface area contributed by atoms with E-state index < -0.39 is 72.5 Å². The molecule has 6 atom stereocenters. The number of rotatable bonds is 23. The first-order chi connectivity index (χ1) is 35.0. The van der Waals surface area contributed by atoms with Gasteiger partial charge in [0.2, 0.25) is 6.79 Å². The Morgan fingerprint density at radius 1 is 0.548 bits per heavy atom. The van der Waals surface area contributed by atoms with E-state index in [1.54, 1.807) is 27.7 Å². The van der Waals surface area contributed by atoms with Gasteiger partial charge in [-0.25, -0.2) is 9.97 Å². The number of aryl methyl sites for hydroxylation is 2. The number of esters is 3. The molecule has 0 aliphatic rings. The molecule has 2 aromatic heterocycles. The lowest BCUT2D eigenvalue weighted by Gasteiger charge is -2.26. The molecule has 384 valence electrons. The molecule has 0 amide bonds. The summed E-state index contributed by atoms with van der Waals surface area (Å²) in [6.07, 6.45) is -0.00221. The first-order valence-corrected chi connectivity index (χ1v) is 23.5. The van der Waals surface area contributed by atoms with Crippen molar-refractivity contribution < 1.29 is 67.0 Å². The molecule has 2 heterocycles. The smallest absolute Gasteiger partial charge is 0.309 e. The number of aromatic hydroxyl groups is 1. The fourth-order valence-electron chi connectivity index (χ4n) is 7.22. The quantitative estimate of drug-likeness (QED) is 0.0274. The highest BCUT2D eigenvalue weighted by Crippen LogP contribution is 2.34. The summed E-state index contributed by atoms with van der Waals surface area (Å²) in [5, 5.41) is 10.2. The van der Waals surface area contributed by atoms with Gasteiger partial charge >= 0.3 is 17.9 Å². The molecule has 6 rings (SSSR count). The number of benzene rings is 4. The maximum atomic E-state index is 13.1. The van der Waals surface area contributed by atoms with E-state index in [4.69, 9.17) is 37.9 Å². The Morgan fingerprint density at radius 2 is 0.959 bits per heavy atom. The van der Waals surface area contributed by atoms with E-state index in [9.17, 15) is 29.1 Å². The Labute approximate surface area is 425 Å². The summed E-state index contributed by atoms with van der Waals surface area (Å²) in [5.74, 6) is -2.78. The lowest BCUT2D eigenvalue weighted by atomic mass is 10.0. The minimum absolute atomic E-state index is 0.0240. The van der Waals surface area contributed by atoms with Gasteiger partial charge in [-0.2, -0.15) is 0 Å². The number of ketones is 2. The molecule has 16 heteroatoms. The monoisotopic (exact) mass is 998 g/mol. The molecule has 0 spiro atoms. The lowest BCUT2D eigenvalue weighted by Crippen LogP contribution is -2.30. The summed E-state index contributed by atoms with van der Waals surface area (Å²) in [5.41, 5.74) is 3.73. The summed E-state index contributed by atoms with van der Waals surface area (Å²) < 4.78 is 44.4. The number of Topliss-reactive ketones (excluding diaryl/α,β-unsaturated/α-hetero) is 2. The molecular weight excluding hydrogens is 937 g/mol. The lowest BCUT2D eigenvalue weighted by molar-refractivity contribution is -0.158. The number of hydrogen-bond acceptors (Lipinski definition) is 16. The van der Waals surface area contributed by atoms with Gasteiger partial charge in [0.05, 0.1) is 26.1 Å². The summed E-state index contributed by atoms with van der Waals surface area (Å²) in [6, 6.07) is 37.2. The van der Waals surface area contributed by atoms with Crippen LogP contribution in [0.15, 0.2) is 134 Å². The van der Waals surface area contributed by atoms with Crippen molar-refractivity contribution in [1.82, 2.24) is 9.97 Å². The normalized spacial score (nSPS) is 13.2. The Balaban J connectivity index is 0.000000273. The number of aromatic nitrogens is 2. The fourth-order valence-corrected chi connectivity index (χ4v) is 7.22. The first-order valence-electron chi connectivity index (χ1n) is 23.5. The molecular formula is C57H62N2O14. The van der Waals surface area contributed by atoms with Crippen LogP contribution in [0.1, 0.15) is 103 Å². The third kappa shape index (κ3) is 16.4. The van der Waals surface area contributed by atoms with E-state index in [0.29, 0.717) is 11.5 Å². The molecule has 73 heavy (non-hydrogen) atoms. The zero-order chi connectivity index (χ0) is 53.0. The van der Waals surface area contributed by atoms with Gasteiger partial charge in [0, 0.05) is 44.3 Å². The summed E-state index contributed by atoms with van der Waals surface area (Å²) >= 11 is 0. The summed E-state index contributed by atoms with van der Waals surface area (Å²) in [4.78, 5) is 70.8. The molecule has 4 aromatic carbocycles. The van der Waals surface area contributed by atoms with Crippen LogP contribution < -0.4 is 23.7 Å². The topological polar surface area (TPSA) is 205 Å². The molecule has 0 fully saturated rings. The van der Waals surface area contributed by atoms with E-state index in [1.165, 1.54) is 45.7 Å². The van der Waals surface area contributed by atoms with Crippen molar-refractivity contribution in [3.05, 3.63) is 167 Å². The minimum atomic E-state index is -0.787. The molecule has 0 aliphatic carbocycles. The second-order valence-electron chi connectivity index (χ2n) is 17.2. The van der Waals surface area contributed by atoms with Crippen LogP contribution in [-0.4, -0.2) is 77.8 Å². The van der Waals surface area contributed by atoms with Crippen molar-refractivity contribution in [2.45, 2.75) is 85.7 Å². The van der Waals surface area contributed by atoms with E-state index in [1.807, 2.05) is 123 Å². The average molecular weight is 999 g/mol. The maximum absolute atomic E-state index is 13.1. The number of para-hydroxylation sites is 2. The highest BCUT2D eigenvalue weighted by Gasteiger charge is 2.31. The highest BCUT2D eigenvalue weighted by molar-refractivity contribution is 6.00. The van der Waals surface area contributed by atoms with Crippen molar-refractivity contribution in [3.8, 4) is 34.5 Å². The second kappa shape index (κ2) is 27.4. The number of methoxy groups -OCH3 is 2. The van der Waals surface area contributed by atoms with Gasteiger partial charge in [-0.1, -0.05) is 110 Å². The molecule has 16 nitrogen and oxygen atoms in total. The zero-order valence-corrected chi connectivity index (χ0v) is 42.4. The Bertz CT molecular complexity index is 2750. The molecule has 0 aliphatic heterocycles. The van der Waals surface area contributed by atoms with Crippen LogP contribution in [0.2, 0.25) is 0 Å². The Kier molecular flexibility index (Phi) is 20.9. The highest BCUT2D eigenvalue weighted by atomic mass is 16.7. The van der Waals surface area contributed by atoms with Gasteiger partial charge in [-0.05, 0) is 63.1 Å². The predicted molar refractivity (Wildman–Crippen MR) is 270 cm³/mol. The van der Waals surface area contributed by atoms with Gasteiger partial charge in [-0.15, -0.1) is 0 Å². The first kappa shape index (κ1) is 55.7. The van der Waals surface area contributed by atoms with Crippen LogP contribution >= 0.6 is 0 Å². The molecule has 1 N–H and O–H groups in total. The van der Waals surface area contributed by atoms with Crippen LogP contribution in [-0.2, 0) is 28.6 Å². The summed E-state index contributed by atoms with van der Waals surface area (Å²) in [7, 11) is 2.79. The fraction of sp³-hybridized carbons (Fsp3) is 0.316. The predicted octanol–water partition coefficient (Wildman–Crippen LogP) is 10.3. The number of pyridine rings is 2. The zero-order valence-electron chi connectivity index (χ0n) is 42.4. The largest absolute Gasteiger partial charge is 0.503 e. The van der Waals surface area contributed by atoms with Crippen LogP contribution in [0.5, 0.6) is 34.5 Å². The number of carbonyl (C=O) groups is 5. The van der Waals surface area contributed by atoms with Crippen molar-refractivity contribution in [2.75, 3.05) is 21.0 Å². The number of carbonyl (C=O) groups excluding carboxylic acids is 5. The van der Waals surface area contributed by atoms with Crippen molar-refractivity contribution in [2.24, 2.45) is 11.8 Å². The van der Waals surface area contributed by atoms with Gasteiger partial charge < -0.3 is 43.0 Å². The van der Waals surface area contributed by atoms with Crippen LogP contribution in [0.3, 0.4) is 0 Å². The Morgan fingerprint density at radius 3 is 1.38 bits per heavy atom. The van der Waals surface area contributed by atoms with Gasteiger partial charge in [0.1, 0.15) is 23.7 Å². The van der Waals surface area contributed by atoms with Gasteiger partial charge in [-0.3, -0.25) is 24.0 Å². The van der Waals surface area contributed by atoms with Gasteiger partial charge in [0.25, 0.3) is 0 Å². The van der Waals surface area contributed by atoms with E-state index in [-0.39, 0.29) is 47.2 Å². The molecule has 0 unspecified atom stereocenters. The second-order valence-corrected chi connectivity index (χ2v) is 17.2.